The molecule has 72 valence electrons. The summed E-state index contributed by atoms with van der Waals surface area (Å²) in [6, 6.07) is 0. The number of carbonyl (C=O) groups excluding carboxylic acids is 1. The van der Waals surface area contributed by atoms with Crippen molar-refractivity contribution >= 4 is 52.4 Å². The van der Waals surface area contributed by atoms with Crippen LogP contribution in [0.2, 0.25) is 0 Å². The van der Waals surface area contributed by atoms with Gasteiger partial charge in [-0.05, 0) is 0 Å². The first-order valence-corrected chi connectivity index (χ1v) is 4.66. The lowest BCUT2D eigenvalue weighted by molar-refractivity contribution is -0.141. The summed E-state index contributed by atoms with van der Waals surface area (Å²) in [6.07, 6.45) is 0. The molecule has 12 heavy (non-hydrogen) atoms. The minimum atomic E-state index is -1.55. The number of rotatable bonds is 2. The van der Waals surface area contributed by atoms with Gasteiger partial charge in [0, 0.05) is 5.92 Å². The molecular formula is C6H8Cl4O2. The Morgan fingerprint density at radius 1 is 1.42 bits per heavy atom. The Labute approximate surface area is 91.1 Å². The Morgan fingerprint density at radius 2 is 1.83 bits per heavy atom. The standard InChI is InChI=1S/C6H8Cl4O2/c1-3(6(8,9)10)4(7)5(11)12-2/h3-4H,1-2H3. The van der Waals surface area contributed by atoms with E-state index in [4.69, 9.17) is 46.4 Å². The van der Waals surface area contributed by atoms with Gasteiger partial charge in [0.15, 0.2) is 3.79 Å². The van der Waals surface area contributed by atoms with Crippen molar-refractivity contribution in [2.75, 3.05) is 7.11 Å². The minimum absolute atomic E-state index is 0.600. The second-order valence-corrected chi connectivity index (χ2v) is 5.09. The van der Waals surface area contributed by atoms with Crippen LogP contribution in [-0.2, 0) is 9.53 Å². The topological polar surface area (TPSA) is 26.3 Å². The number of esters is 1. The SMILES string of the molecule is COC(=O)C(Cl)C(C)C(Cl)(Cl)Cl. The predicted octanol–water partition coefficient (Wildman–Crippen LogP) is 2.77. The molecule has 0 N–H and O–H groups in total. The fraction of sp³-hybridized carbons (Fsp3) is 0.833. The molecule has 0 fully saturated rings. The van der Waals surface area contributed by atoms with Crippen molar-refractivity contribution in [2.45, 2.75) is 16.1 Å². The van der Waals surface area contributed by atoms with Crippen molar-refractivity contribution in [3.05, 3.63) is 0 Å². The average molecular weight is 254 g/mol. The Bertz CT molecular complexity index is 165. The van der Waals surface area contributed by atoms with Crippen LogP contribution in [0, 0.1) is 5.92 Å². The van der Waals surface area contributed by atoms with Gasteiger partial charge in [-0.15, -0.1) is 11.6 Å². The molecule has 0 aromatic rings. The second-order valence-electron chi connectivity index (χ2n) is 2.26. The van der Waals surface area contributed by atoms with Gasteiger partial charge in [0.2, 0.25) is 0 Å². The zero-order valence-electron chi connectivity index (χ0n) is 6.48. The third-order valence-corrected chi connectivity index (χ3v) is 2.97. The Balaban J connectivity index is 4.29. The van der Waals surface area contributed by atoms with Crippen LogP contribution in [0.25, 0.3) is 0 Å². The molecule has 0 bridgehead atoms. The predicted molar refractivity (Wildman–Crippen MR) is 51.1 cm³/mol. The second kappa shape index (κ2) is 4.75. The van der Waals surface area contributed by atoms with E-state index in [-0.39, 0.29) is 0 Å². The van der Waals surface area contributed by atoms with Crippen LogP contribution in [0.3, 0.4) is 0 Å². The summed E-state index contributed by atoms with van der Waals surface area (Å²) in [5.74, 6) is -1.20. The number of methoxy groups -OCH3 is 1. The van der Waals surface area contributed by atoms with Crippen LogP contribution < -0.4 is 0 Å². The van der Waals surface area contributed by atoms with Crippen LogP contribution in [0.4, 0.5) is 0 Å². The van der Waals surface area contributed by atoms with Gasteiger partial charge < -0.3 is 4.74 Å². The molecule has 0 rings (SSSR count). The van der Waals surface area contributed by atoms with Gasteiger partial charge in [-0.25, -0.2) is 0 Å². The lowest BCUT2D eigenvalue weighted by Crippen LogP contribution is -2.32. The number of halogens is 4. The van der Waals surface area contributed by atoms with Crippen molar-refractivity contribution < 1.29 is 9.53 Å². The summed E-state index contributed by atoms with van der Waals surface area (Å²) in [4.78, 5) is 10.9. The Kier molecular flexibility index (Phi) is 5.00. The van der Waals surface area contributed by atoms with Crippen molar-refractivity contribution in [1.82, 2.24) is 0 Å². The summed E-state index contributed by atoms with van der Waals surface area (Å²) in [5, 5.41) is -0.942. The quantitative estimate of drug-likeness (QED) is 0.559. The molecule has 0 aromatic carbocycles. The molecule has 0 radical (unpaired) electrons. The van der Waals surface area contributed by atoms with Gasteiger partial charge in [-0.3, -0.25) is 4.79 Å². The molecule has 2 unspecified atom stereocenters. The van der Waals surface area contributed by atoms with Gasteiger partial charge in [0.25, 0.3) is 0 Å². The highest BCUT2D eigenvalue weighted by Gasteiger charge is 2.38. The third kappa shape index (κ3) is 3.56. The van der Waals surface area contributed by atoms with E-state index in [1.54, 1.807) is 6.92 Å². The van der Waals surface area contributed by atoms with Crippen LogP contribution in [-0.4, -0.2) is 22.2 Å². The van der Waals surface area contributed by atoms with Crippen LogP contribution in [0.15, 0.2) is 0 Å². The summed E-state index contributed by atoms with van der Waals surface area (Å²) in [7, 11) is 1.23. The van der Waals surface area contributed by atoms with Crippen LogP contribution >= 0.6 is 46.4 Å². The Hall–Kier alpha value is 0.630. The van der Waals surface area contributed by atoms with E-state index in [1.807, 2.05) is 0 Å². The summed E-state index contributed by atoms with van der Waals surface area (Å²) < 4.78 is 2.83. The smallest absolute Gasteiger partial charge is 0.324 e. The van der Waals surface area contributed by atoms with Gasteiger partial charge in [0.1, 0.15) is 5.38 Å². The minimum Gasteiger partial charge on any atom is -0.468 e. The summed E-state index contributed by atoms with van der Waals surface area (Å²) in [6.45, 7) is 1.56. The first-order valence-electron chi connectivity index (χ1n) is 3.09. The maximum atomic E-state index is 10.9. The van der Waals surface area contributed by atoms with E-state index >= 15 is 0 Å². The Morgan fingerprint density at radius 3 is 2.08 bits per heavy atom. The van der Waals surface area contributed by atoms with Crippen LogP contribution in [0.5, 0.6) is 0 Å². The largest absolute Gasteiger partial charge is 0.468 e. The molecule has 0 aromatic heterocycles. The highest BCUT2D eigenvalue weighted by atomic mass is 35.6. The molecular weight excluding hydrogens is 246 g/mol. The third-order valence-electron chi connectivity index (χ3n) is 1.38. The molecule has 0 saturated heterocycles. The molecule has 2 nitrogen and oxygen atoms in total. The molecule has 2 atom stereocenters. The molecule has 0 heterocycles. The van der Waals surface area contributed by atoms with E-state index in [0.717, 1.165) is 0 Å². The molecule has 0 spiro atoms. The van der Waals surface area contributed by atoms with E-state index < -0.39 is 21.1 Å². The van der Waals surface area contributed by atoms with E-state index in [9.17, 15) is 4.79 Å². The number of carbonyl (C=O) groups is 1. The number of hydrogen-bond donors (Lipinski definition) is 0. The van der Waals surface area contributed by atoms with Crippen molar-refractivity contribution in [3.63, 3.8) is 0 Å². The number of ether oxygens (including phenoxy) is 1. The molecule has 0 amide bonds. The zero-order chi connectivity index (χ0) is 9.94. The lowest BCUT2D eigenvalue weighted by Gasteiger charge is -2.22. The highest BCUT2D eigenvalue weighted by molar-refractivity contribution is 6.68. The first kappa shape index (κ1) is 12.6. The molecule has 0 saturated carbocycles. The van der Waals surface area contributed by atoms with Crippen molar-refractivity contribution in [1.29, 1.82) is 0 Å². The van der Waals surface area contributed by atoms with Gasteiger partial charge in [0.05, 0.1) is 7.11 Å². The van der Waals surface area contributed by atoms with Crippen molar-refractivity contribution in [3.8, 4) is 0 Å². The monoisotopic (exact) mass is 252 g/mol. The normalized spacial score (nSPS) is 16.8. The van der Waals surface area contributed by atoms with Crippen molar-refractivity contribution in [2.24, 2.45) is 5.92 Å². The number of alkyl halides is 4. The summed E-state index contributed by atoms with van der Waals surface area (Å²) in [5.41, 5.74) is 0. The maximum Gasteiger partial charge on any atom is 0.324 e. The van der Waals surface area contributed by atoms with E-state index in [0.29, 0.717) is 0 Å². The molecule has 0 aliphatic rings. The fourth-order valence-corrected chi connectivity index (χ4v) is 1.33. The summed E-state index contributed by atoms with van der Waals surface area (Å²) >= 11 is 22.2. The highest BCUT2D eigenvalue weighted by Crippen LogP contribution is 2.38. The number of hydrogen-bond acceptors (Lipinski definition) is 2. The van der Waals surface area contributed by atoms with Gasteiger partial charge >= 0.3 is 5.97 Å². The maximum absolute atomic E-state index is 10.9. The van der Waals surface area contributed by atoms with E-state index in [2.05, 4.69) is 4.74 Å². The van der Waals surface area contributed by atoms with Crippen LogP contribution in [0.1, 0.15) is 6.92 Å². The fourth-order valence-electron chi connectivity index (χ4n) is 0.483. The zero-order valence-corrected chi connectivity index (χ0v) is 9.51. The van der Waals surface area contributed by atoms with E-state index in [1.165, 1.54) is 7.11 Å². The van der Waals surface area contributed by atoms with Gasteiger partial charge in [-0.1, -0.05) is 41.7 Å². The molecule has 0 aliphatic heterocycles. The first-order chi connectivity index (χ1) is 5.30. The lowest BCUT2D eigenvalue weighted by atomic mass is 10.1. The molecule has 0 aliphatic carbocycles. The average Bonchev–Trinajstić information content (AvgIpc) is 1.98. The van der Waals surface area contributed by atoms with Gasteiger partial charge in [-0.2, -0.15) is 0 Å². The molecule has 6 heteroatoms.